The Hall–Kier alpha value is -1.58. The number of aromatic nitrogens is 1. The summed E-state index contributed by atoms with van der Waals surface area (Å²) in [6.07, 6.45) is 4.30. The zero-order valence-corrected chi connectivity index (χ0v) is 10.6. The molecule has 0 amide bonds. The third-order valence-corrected chi connectivity index (χ3v) is 2.88. The molecule has 0 bridgehead atoms. The molecule has 0 saturated carbocycles. The van der Waals surface area contributed by atoms with Gasteiger partial charge in [0.2, 0.25) is 0 Å². The topological polar surface area (TPSA) is 42.4 Å². The van der Waals surface area contributed by atoms with Gasteiger partial charge < -0.3 is 9.84 Å². The summed E-state index contributed by atoms with van der Waals surface area (Å²) in [4.78, 5) is 4.04. The molecule has 0 spiro atoms. The van der Waals surface area contributed by atoms with Crippen LogP contribution in [0.5, 0.6) is 5.75 Å². The predicted molar refractivity (Wildman–Crippen MR) is 70.8 cm³/mol. The molecule has 4 heteroatoms. The molecule has 0 radical (unpaired) electrons. The van der Waals surface area contributed by atoms with Gasteiger partial charge in [-0.05, 0) is 17.7 Å². The second-order valence-electron chi connectivity index (χ2n) is 3.85. The number of nitrogens with zero attached hydrogens (tertiary/aromatic N) is 1. The molecule has 1 aromatic carbocycles. The first-order valence-electron chi connectivity index (χ1n) is 5.71. The standard InChI is InChI=1S/C14H14ClNO2/c15-13-5-1-4-12(10-17)14(13)18-8-6-11-3-2-7-16-9-11/h1-5,7,9,17H,6,8,10H2. The van der Waals surface area contributed by atoms with Gasteiger partial charge in [0.25, 0.3) is 0 Å². The van der Waals surface area contributed by atoms with Gasteiger partial charge in [0.15, 0.2) is 0 Å². The number of aliphatic hydroxyl groups is 1. The largest absolute Gasteiger partial charge is 0.491 e. The number of benzene rings is 1. The van der Waals surface area contributed by atoms with E-state index >= 15 is 0 Å². The van der Waals surface area contributed by atoms with E-state index in [2.05, 4.69) is 4.98 Å². The number of hydrogen-bond donors (Lipinski definition) is 1. The minimum absolute atomic E-state index is 0.0806. The smallest absolute Gasteiger partial charge is 0.143 e. The second-order valence-corrected chi connectivity index (χ2v) is 4.25. The Labute approximate surface area is 111 Å². The minimum Gasteiger partial charge on any atom is -0.491 e. The SMILES string of the molecule is OCc1cccc(Cl)c1OCCc1cccnc1. The Morgan fingerprint density at radius 1 is 1.22 bits per heavy atom. The molecule has 0 aliphatic rings. The summed E-state index contributed by atoms with van der Waals surface area (Å²) in [5.41, 5.74) is 1.81. The molecule has 0 atom stereocenters. The molecule has 3 nitrogen and oxygen atoms in total. The lowest BCUT2D eigenvalue weighted by Crippen LogP contribution is -2.04. The van der Waals surface area contributed by atoms with Gasteiger partial charge in [0.1, 0.15) is 5.75 Å². The zero-order valence-electron chi connectivity index (χ0n) is 9.84. The van der Waals surface area contributed by atoms with Crippen molar-refractivity contribution in [2.24, 2.45) is 0 Å². The van der Waals surface area contributed by atoms with Gasteiger partial charge in [-0.25, -0.2) is 0 Å². The van der Waals surface area contributed by atoms with E-state index in [4.69, 9.17) is 16.3 Å². The quantitative estimate of drug-likeness (QED) is 0.902. The van der Waals surface area contributed by atoms with Crippen molar-refractivity contribution in [2.45, 2.75) is 13.0 Å². The first-order valence-corrected chi connectivity index (χ1v) is 6.09. The maximum Gasteiger partial charge on any atom is 0.143 e. The molecule has 1 heterocycles. The van der Waals surface area contributed by atoms with E-state index < -0.39 is 0 Å². The number of aliphatic hydroxyl groups excluding tert-OH is 1. The highest BCUT2D eigenvalue weighted by atomic mass is 35.5. The molecule has 2 aromatic rings. The van der Waals surface area contributed by atoms with Crippen molar-refractivity contribution >= 4 is 11.6 Å². The highest BCUT2D eigenvalue weighted by molar-refractivity contribution is 6.32. The van der Waals surface area contributed by atoms with Crippen LogP contribution in [0.25, 0.3) is 0 Å². The molecule has 0 aliphatic carbocycles. The molecule has 0 aliphatic heterocycles. The number of hydrogen-bond acceptors (Lipinski definition) is 3. The maximum atomic E-state index is 9.21. The number of ether oxygens (including phenoxy) is 1. The Morgan fingerprint density at radius 2 is 2.11 bits per heavy atom. The fourth-order valence-electron chi connectivity index (χ4n) is 1.66. The zero-order chi connectivity index (χ0) is 12.8. The Morgan fingerprint density at radius 3 is 2.83 bits per heavy atom. The number of pyridine rings is 1. The van der Waals surface area contributed by atoms with Gasteiger partial charge in [0.05, 0.1) is 18.2 Å². The van der Waals surface area contributed by atoms with Gasteiger partial charge in [-0.15, -0.1) is 0 Å². The molecule has 94 valence electrons. The van der Waals surface area contributed by atoms with Crippen LogP contribution >= 0.6 is 11.6 Å². The monoisotopic (exact) mass is 263 g/mol. The Balaban J connectivity index is 1.98. The van der Waals surface area contributed by atoms with E-state index in [1.807, 2.05) is 18.3 Å². The van der Waals surface area contributed by atoms with Gasteiger partial charge in [-0.1, -0.05) is 29.8 Å². The van der Waals surface area contributed by atoms with Crippen molar-refractivity contribution in [3.05, 3.63) is 58.9 Å². The lowest BCUT2D eigenvalue weighted by atomic mass is 10.2. The third-order valence-electron chi connectivity index (χ3n) is 2.58. The molecular formula is C14H14ClNO2. The second kappa shape index (κ2) is 6.38. The Kier molecular flexibility index (Phi) is 4.56. The average Bonchev–Trinajstić information content (AvgIpc) is 2.41. The van der Waals surface area contributed by atoms with Gasteiger partial charge in [-0.2, -0.15) is 0 Å². The summed E-state index contributed by atoms with van der Waals surface area (Å²) in [7, 11) is 0. The lowest BCUT2D eigenvalue weighted by molar-refractivity contribution is 0.264. The van der Waals surface area contributed by atoms with Crippen LogP contribution in [0.4, 0.5) is 0 Å². The highest BCUT2D eigenvalue weighted by Gasteiger charge is 2.07. The van der Waals surface area contributed by atoms with Crippen LogP contribution in [0.2, 0.25) is 5.02 Å². The van der Waals surface area contributed by atoms with E-state index in [0.717, 1.165) is 12.0 Å². The number of rotatable bonds is 5. The lowest BCUT2D eigenvalue weighted by Gasteiger charge is -2.11. The molecule has 0 unspecified atom stereocenters. The van der Waals surface area contributed by atoms with E-state index in [9.17, 15) is 5.11 Å². The van der Waals surface area contributed by atoms with Gasteiger partial charge in [-0.3, -0.25) is 4.98 Å². The summed E-state index contributed by atoms with van der Waals surface area (Å²) < 4.78 is 5.64. The van der Waals surface area contributed by atoms with Crippen LogP contribution in [0, 0.1) is 0 Å². The van der Waals surface area contributed by atoms with Crippen LogP contribution in [0.1, 0.15) is 11.1 Å². The van der Waals surface area contributed by atoms with Crippen LogP contribution in [-0.4, -0.2) is 16.7 Å². The van der Waals surface area contributed by atoms with Crippen molar-refractivity contribution in [1.82, 2.24) is 4.98 Å². The fourth-order valence-corrected chi connectivity index (χ4v) is 1.91. The molecule has 2 rings (SSSR count). The first kappa shape index (κ1) is 12.9. The first-order chi connectivity index (χ1) is 8.81. The molecule has 0 saturated heterocycles. The molecule has 18 heavy (non-hydrogen) atoms. The summed E-state index contributed by atoms with van der Waals surface area (Å²) in [6.45, 7) is 0.422. The van der Waals surface area contributed by atoms with Crippen LogP contribution < -0.4 is 4.74 Å². The van der Waals surface area contributed by atoms with Crippen molar-refractivity contribution in [3.8, 4) is 5.75 Å². The van der Waals surface area contributed by atoms with Crippen molar-refractivity contribution in [3.63, 3.8) is 0 Å². The summed E-state index contributed by atoms with van der Waals surface area (Å²) in [5, 5.41) is 9.73. The molecular weight excluding hydrogens is 250 g/mol. The third kappa shape index (κ3) is 3.22. The van der Waals surface area contributed by atoms with Crippen molar-refractivity contribution in [2.75, 3.05) is 6.61 Å². The van der Waals surface area contributed by atoms with Crippen molar-refractivity contribution < 1.29 is 9.84 Å². The average molecular weight is 264 g/mol. The number of halogens is 1. The molecule has 0 fully saturated rings. The van der Waals surface area contributed by atoms with Crippen LogP contribution in [0.15, 0.2) is 42.7 Å². The minimum atomic E-state index is -0.0806. The van der Waals surface area contributed by atoms with E-state index in [1.165, 1.54) is 0 Å². The summed E-state index contributed by atoms with van der Waals surface area (Å²) in [5.74, 6) is 0.561. The van der Waals surface area contributed by atoms with E-state index in [0.29, 0.717) is 22.9 Å². The van der Waals surface area contributed by atoms with E-state index in [1.54, 1.807) is 24.4 Å². The highest BCUT2D eigenvalue weighted by Crippen LogP contribution is 2.28. The normalized spacial score (nSPS) is 10.3. The molecule has 1 aromatic heterocycles. The van der Waals surface area contributed by atoms with Crippen molar-refractivity contribution in [1.29, 1.82) is 0 Å². The number of para-hydroxylation sites is 1. The van der Waals surface area contributed by atoms with Crippen LogP contribution in [0.3, 0.4) is 0 Å². The van der Waals surface area contributed by atoms with Gasteiger partial charge in [0, 0.05) is 24.4 Å². The maximum absolute atomic E-state index is 9.21. The fraction of sp³-hybridized carbons (Fsp3) is 0.214. The summed E-state index contributed by atoms with van der Waals surface area (Å²) >= 11 is 6.04. The van der Waals surface area contributed by atoms with E-state index in [-0.39, 0.29) is 6.61 Å². The van der Waals surface area contributed by atoms with Crippen LogP contribution in [-0.2, 0) is 13.0 Å². The Bertz CT molecular complexity index is 502. The molecule has 1 N–H and O–H groups in total. The summed E-state index contributed by atoms with van der Waals surface area (Å²) in [6, 6.07) is 9.23. The predicted octanol–water partition coefficient (Wildman–Crippen LogP) is 2.85. The van der Waals surface area contributed by atoms with Gasteiger partial charge >= 0.3 is 0 Å².